The average molecular weight is 430 g/mol. The van der Waals surface area contributed by atoms with Crippen LogP contribution in [0.1, 0.15) is 30.5 Å². The molecular weight excluding hydrogens is 404 g/mol. The molecule has 6 heteroatoms. The molecule has 158 valence electrons. The molecule has 1 N–H and O–H groups in total. The van der Waals surface area contributed by atoms with Crippen molar-refractivity contribution >= 4 is 22.5 Å². The van der Waals surface area contributed by atoms with E-state index in [4.69, 9.17) is 11.6 Å². The van der Waals surface area contributed by atoms with E-state index in [1.165, 1.54) is 36.1 Å². The molecule has 0 amide bonds. The van der Waals surface area contributed by atoms with Crippen molar-refractivity contribution in [1.29, 1.82) is 0 Å². The van der Waals surface area contributed by atoms with Crippen molar-refractivity contribution in [3.63, 3.8) is 0 Å². The highest BCUT2D eigenvalue weighted by atomic mass is 35.5. The highest BCUT2D eigenvalue weighted by molar-refractivity contribution is 6.31. The monoisotopic (exact) mass is 429 g/mol. The lowest BCUT2D eigenvalue weighted by Crippen LogP contribution is -2.44. The van der Waals surface area contributed by atoms with Gasteiger partial charge in [0, 0.05) is 42.4 Å². The van der Waals surface area contributed by atoms with E-state index in [-0.39, 0.29) is 0 Å². The molecule has 2 aliphatic heterocycles. The number of piperidine rings is 1. The first-order valence-corrected chi connectivity index (χ1v) is 11.0. The lowest BCUT2D eigenvalue weighted by atomic mass is 9.79. The van der Waals surface area contributed by atoms with Crippen LogP contribution in [0, 0.1) is 17.0 Å². The molecule has 0 saturated carbocycles. The Kier molecular flexibility index (Phi) is 5.30. The number of hydrogen-bond acceptors (Lipinski definition) is 2. The van der Waals surface area contributed by atoms with E-state index in [0.29, 0.717) is 12.0 Å². The molecule has 3 heterocycles. The molecule has 0 aliphatic carbocycles. The summed E-state index contributed by atoms with van der Waals surface area (Å²) in [6.07, 6.45) is 3.58. The molecule has 1 atom stereocenters. The highest BCUT2D eigenvalue weighted by Crippen LogP contribution is 2.40. The SMILES string of the molecule is Fc1ccc(CN2CCCC3(CCN(Cc4cc5ccc(Cl)cc5[nH]4)C3)C2)cc1F. The summed E-state index contributed by atoms with van der Waals surface area (Å²) >= 11 is 6.11. The first-order valence-electron chi connectivity index (χ1n) is 10.6. The Bertz CT molecular complexity index is 1070. The Morgan fingerprint density at radius 3 is 2.57 bits per heavy atom. The number of halogens is 3. The van der Waals surface area contributed by atoms with Gasteiger partial charge >= 0.3 is 0 Å². The third kappa shape index (κ3) is 4.11. The number of H-pyrrole nitrogens is 1. The first kappa shape index (κ1) is 20.0. The van der Waals surface area contributed by atoms with E-state index < -0.39 is 11.6 Å². The van der Waals surface area contributed by atoms with Crippen LogP contribution in [0.4, 0.5) is 8.78 Å². The molecular formula is C24H26ClF2N3. The van der Waals surface area contributed by atoms with Crippen molar-refractivity contribution in [2.24, 2.45) is 5.41 Å². The predicted octanol–water partition coefficient (Wildman–Crippen LogP) is 5.59. The highest BCUT2D eigenvalue weighted by Gasteiger charge is 2.41. The number of hydrogen-bond donors (Lipinski definition) is 1. The van der Waals surface area contributed by atoms with Crippen LogP contribution in [0.2, 0.25) is 5.02 Å². The third-order valence-electron chi connectivity index (χ3n) is 6.68. The first-order chi connectivity index (χ1) is 14.5. The number of fused-ring (bicyclic) bond motifs is 1. The van der Waals surface area contributed by atoms with E-state index >= 15 is 0 Å². The zero-order valence-electron chi connectivity index (χ0n) is 16.9. The van der Waals surface area contributed by atoms with E-state index in [2.05, 4.69) is 26.9 Å². The second-order valence-electron chi connectivity index (χ2n) is 9.05. The Morgan fingerprint density at radius 2 is 1.73 bits per heavy atom. The summed E-state index contributed by atoms with van der Waals surface area (Å²) < 4.78 is 26.8. The zero-order chi connectivity index (χ0) is 20.7. The second-order valence-corrected chi connectivity index (χ2v) is 9.49. The van der Waals surface area contributed by atoms with E-state index in [9.17, 15) is 8.78 Å². The predicted molar refractivity (Wildman–Crippen MR) is 117 cm³/mol. The molecule has 2 saturated heterocycles. The van der Waals surface area contributed by atoms with E-state index in [1.807, 2.05) is 12.1 Å². The normalized spacial score (nSPS) is 23.0. The molecule has 2 fully saturated rings. The number of aromatic nitrogens is 1. The van der Waals surface area contributed by atoms with Crippen molar-refractivity contribution in [1.82, 2.24) is 14.8 Å². The van der Waals surface area contributed by atoms with Gasteiger partial charge in [0.25, 0.3) is 0 Å². The van der Waals surface area contributed by atoms with Crippen LogP contribution in [-0.2, 0) is 13.1 Å². The summed E-state index contributed by atoms with van der Waals surface area (Å²) in [5.74, 6) is -1.54. The Balaban J connectivity index is 1.23. The van der Waals surface area contributed by atoms with Crippen molar-refractivity contribution in [2.75, 3.05) is 26.2 Å². The number of nitrogens with one attached hydrogen (secondary N) is 1. The maximum atomic E-state index is 13.6. The minimum absolute atomic E-state index is 0.298. The number of nitrogens with zero attached hydrogens (tertiary/aromatic N) is 2. The minimum atomic E-state index is -0.778. The van der Waals surface area contributed by atoms with Crippen molar-refractivity contribution in [3.05, 3.63) is 70.4 Å². The molecule has 5 rings (SSSR count). The van der Waals surface area contributed by atoms with E-state index in [0.717, 1.165) is 55.2 Å². The van der Waals surface area contributed by atoms with Gasteiger partial charge in [-0.25, -0.2) is 8.78 Å². The zero-order valence-corrected chi connectivity index (χ0v) is 17.7. The molecule has 30 heavy (non-hydrogen) atoms. The topological polar surface area (TPSA) is 22.3 Å². The third-order valence-corrected chi connectivity index (χ3v) is 6.92. The van der Waals surface area contributed by atoms with Crippen molar-refractivity contribution in [3.8, 4) is 0 Å². The van der Waals surface area contributed by atoms with Crippen LogP contribution < -0.4 is 0 Å². The second kappa shape index (κ2) is 7.95. The summed E-state index contributed by atoms with van der Waals surface area (Å²) in [5, 5.41) is 1.94. The molecule has 2 aromatic carbocycles. The molecule has 0 bridgehead atoms. The summed E-state index contributed by atoms with van der Waals surface area (Å²) in [5.41, 5.74) is 3.45. The van der Waals surface area contributed by atoms with Crippen molar-refractivity contribution < 1.29 is 8.78 Å². The molecule has 0 radical (unpaired) electrons. The summed E-state index contributed by atoms with van der Waals surface area (Å²) in [6.45, 7) is 5.81. The van der Waals surface area contributed by atoms with Crippen LogP contribution in [-0.4, -0.2) is 41.0 Å². The van der Waals surface area contributed by atoms with Crippen LogP contribution in [0.15, 0.2) is 42.5 Å². The van der Waals surface area contributed by atoms with Gasteiger partial charge in [-0.05, 0) is 79.0 Å². The number of rotatable bonds is 4. The van der Waals surface area contributed by atoms with Crippen LogP contribution >= 0.6 is 11.6 Å². The van der Waals surface area contributed by atoms with Crippen LogP contribution in [0.25, 0.3) is 10.9 Å². The van der Waals surface area contributed by atoms with Crippen LogP contribution in [0.5, 0.6) is 0 Å². The molecule has 3 nitrogen and oxygen atoms in total. The van der Waals surface area contributed by atoms with Gasteiger partial charge in [-0.3, -0.25) is 9.80 Å². The van der Waals surface area contributed by atoms with E-state index in [1.54, 1.807) is 6.07 Å². The molecule has 1 unspecified atom stereocenters. The van der Waals surface area contributed by atoms with Gasteiger partial charge in [0.15, 0.2) is 11.6 Å². The minimum Gasteiger partial charge on any atom is -0.357 e. The van der Waals surface area contributed by atoms with Gasteiger partial charge in [0.05, 0.1) is 0 Å². The maximum Gasteiger partial charge on any atom is 0.159 e. The largest absolute Gasteiger partial charge is 0.357 e. The van der Waals surface area contributed by atoms with Gasteiger partial charge in [0.1, 0.15) is 0 Å². The lowest BCUT2D eigenvalue weighted by Gasteiger charge is -2.40. The van der Waals surface area contributed by atoms with Gasteiger partial charge in [-0.1, -0.05) is 23.7 Å². The van der Waals surface area contributed by atoms with Gasteiger partial charge in [0.2, 0.25) is 0 Å². The Morgan fingerprint density at radius 1 is 0.900 bits per heavy atom. The quantitative estimate of drug-likeness (QED) is 0.584. The standard InChI is InChI=1S/C24H26ClF2N3/c25-19-4-3-18-11-20(28-23(18)12-19)14-30-9-7-24(16-30)6-1-8-29(15-24)13-17-2-5-21(26)22(27)10-17/h2-5,10-12,28H,1,6-9,13-16H2. The summed E-state index contributed by atoms with van der Waals surface area (Å²) in [6, 6.07) is 12.4. The number of aromatic amines is 1. The molecule has 2 aliphatic rings. The molecule has 3 aromatic rings. The van der Waals surface area contributed by atoms with Crippen LogP contribution in [0.3, 0.4) is 0 Å². The number of likely N-dealkylation sites (tertiary alicyclic amines) is 2. The summed E-state index contributed by atoms with van der Waals surface area (Å²) in [4.78, 5) is 8.45. The average Bonchev–Trinajstić information content (AvgIpc) is 3.28. The van der Waals surface area contributed by atoms with Gasteiger partial charge < -0.3 is 4.98 Å². The molecule has 1 aromatic heterocycles. The Hall–Kier alpha value is -1.95. The van der Waals surface area contributed by atoms with Gasteiger partial charge in [-0.15, -0.1) is 0 Å². The maximum absolute atomic E-state index is 13.6. The smallest absolute Gasteiger partial charge is 0.159 e. The fourth-order valence-electron chi connectivity index (χ4n) is 5.32. The van der Waals surface area contributed by atoms with Gasteiger partial charge in [-0.2, -0.15) is 0 Å². The Labute approximate surface area is 180 Å². The lowest BCUT2D eigenvalue weighted by molar-refractivity contribution is 0.0864. The van der Waals surface area contributed by atoms with Crippen molar-refractivity contribution in [2.45, 2.75) is 32.4 Å². The molecule has 1 spiro atoms. The summed E-state index contributed by atoms with van der Waals surface area (Å²) in [7, 11) is 0. The fourth-order valence-corrected chi connectivity index (χ4v) is 5.49. The fraction of sp³-hybridized carbons (Fsp3) is 0.417. The number of benzene rings is 2.